The lowest BCUT2D eigenvalue weighted by Crippen LogP contribution is -2.47. The second kappa shape index (κ2) is 4.47. The van der Waals surface area contributed by atoms with E-state index in [1.165, 1.54) is 0 Å². The Bertz CT molecular complexity index is 656. The molecule has 1 fully saturated rings. The van der Waals surface area contributed by atoms with E-state index in [1.54, 1.807) is 4.72 Å². The number of nitrogens with one attached hydrogen (secondary N) is 1. The Hall–Kier alpha value is -1.06. The van der Waals surface area contributed by atoms with E-state index in [1.807, 2.05) is 0 Å². The van der Waals surface area contributed by atoms with Gasteiger partial charge in [-0.15, -0.1) is 0 Å². The van der Waals surface area contributed by atoms with E-state index in [-0.39, 0.29) is 12.8 Å². The monoisotopic (exact) mass is 332 g/mol. The van der Waals surface area contributed by atoms with Gasteiger partial charge in [0.1, 0.15) is 16.3 Å². The molecule has 2 rings (SSSR count). The number of sulfonamides is 1. The van der Waals surface area contributed by atoms with E-state index >= 15 is 0 Å². The van der Waals surface area contributed by atoms with Crippen LogP contribution in [0, 0.1) is 5.82 Å². The summed E-state index contributed by atoms with van der Waals surface area (Å²) in [4.78, 5) is -0.686. The minimum absolute atomic E-state index is 0.357. The standard InChI is InChI=1S/C10H9ClF4N2O2S/c11-5-3-6(12)7(16)4-8(5)20(18,19)17-9(1-2-9)10(13,14)15/h3-4,17H,1-2,16H2. The molecule has 0 aliphatic heterocycles. The molecule has 1 aliphatic carbocycles. The molecule has 20 heavy (non-hydrogen) atoms. The first-order valence-corrected chi connectivity index (χ1v) is 7.20. The minimum Gasteiger partial charge on any atom is -0.396 e. The van der Waals surface area contributed by atoms with Crippen LogP contribution in [0.5, 0.6) is 0 Å². The topological polar surface area (TPSA) is 72.2 Å². The molecule has 1 aromatic rings. The lowest BCUT2D eigenvalue weighted by atomic mass is 10.3. The highest BCUT2D eigenvalue weighted by molar-refractivity contribution is 7.89. The van der Waals surface area contributed by atoms with Gasteiger partial charge in [0.05, 0.1) is 10.7 Å². The third kappa shape index (κ3) is 2.57. The van der Waals surface area contributed by atoms with Crippen molar-refractivity contribution in [2.45, 2.75) is 29.5 Å². The van der Waals surface area contributed by atoms with Gasteiger partial charge in [-0.05, 0) is 25.0 Å². The van der Waals surface area contributed by atoms with Crippen LogP contribution in [0.1, 0.15) is 12.8 Å². The molecule has 1 aliphatic rings. The van der Waals surface area contributed by atoms with Crippen LogP contribution in [0.15, 0.2) is 17.0 Å². The van der Waals surface area contributed by atoms with Crippen molar-refractivity contribution in [3.8, 4) is 0 Å². The van der Waals surface area contributed by atoms with Crippen LogP contribution in [-0.4, -0.2) is 20.1 Å². The highest BCUT2D eigenvalue weighted by Crippen LogP contribution is 2.50. The van der Waals surface area contributed by atoms with E-state index in [0.717, 1.165) is 0 Å². The largest absolute Gasteiger partial charge is 0.407 e. The van der Waals surface area contributed by atoms with Gasteiger partial charge in [0.15, 0.2) is 0 Å². The maximum Gasteiger partial charge on any atom is 0.407 e. The van der Waals surface area contributed by atoms with Crippen LogP contribution in [0.25, 0.3) is 0 Å². The van der Waals surface area contributed by atoms with E-state index in [0.29, 0.717) is 12.1 Å². The Kier molecular flexibility index (Phi) is 3.43. The summed E-state index contributed by atoms with van der Waals surface area (Å²) in [5.41, 5.74) is 2.21. The maximum absolute atomic E-state index is 13.1. The summed E-state index contributed by atoms with van der Waals surface area (Å²) >= 11 is 5.55. The first kappa shape index (κ1) is 15.3. The van der Waals surface area contributed by atoms with Gasteiger partial charge in [0.2, 0.25) is 10.0 Å². The zero-order valence-corrected chi connectivity index (χ0v) is 11.3. The quantitative estimate of drug-likeness (QED) is 0.659. The summed E-state index contributed by atoms with van der Waals surface area (Å²) in [5, 5.41) is -0.540. The van der Waals surface area contributed by atoms with Crippen LogP contribution >= 0.6 is 11.6 Å². The highest BCUT2D eigenvalue weighted by atomic mass is 35.5. The first-order chi connectivity index (χ1) is 8.98. The minimum atomic E-state index is -4.71. The van der Waals surface area contributed by atoms with Crippen molar-refractivity contribution in [3.63, 3.8) is 0 Å². The zero-order valence-electron chi connectivity index (χ0n) is 9.76. The van der Waals surface area contributed by atoms with Crippen LogP contribution in [0.4, 0.5) is 23.2 Å². The van der Waals surface area contributed by atoms with E-state index in [2.05, 4.69) is 0 Å². The van der Waals surface area contributed by atoms with Gasteiger partial charge in [-0.1, -0.05) is 11.6 Å². The van der Waals surface area contributed by atoms with Crippen molar-refractivity contribution >= 4 is 27.3 Å². The lowest BCUT2D eigenvalue weighted by molar-refractivity contribution is -0.160. The molecule has 3 N–H and O–H groups in total. The smallest absolute Gasteiger partial charge is 0.396 e. The van der Waals surface area contributed by atoms with Gasteiger partial charge in [-0.2, -0.15) is 17.9 Å². The molecule has 0 atom stereocenters. The molecule has 1 aromatic carbocycles. The summed E-state index contributed by atoms with van der Waals surface area (Å²) in [5.74, 6) is -0.953. The van der Waals surface area contributed by atoms with E-state index in [9.17, 15) is 26.0 Å². The summed E-state index contributed by atoms with van der Waals surface area (Å²) < 4.78 is 76.8. The number of anilines is 1. The molecule has 0 heterocycles. The number of hydrogen-bond donors (Lipinski definition) is 2. The third-order valence-corrected chi connectivity index (χ3v) is 4.96. The summed E-state index contributed by atoms with van der Waals surface area (Å²) in [6.45, 7) is 0. The van der Waals surface area contributed by atoms with Gasteiger partial charge >= 0.3 is 6.18 Å². The van der Waals surface area contributed by atoms with Gasteiger partial charge in [-0.25, -0.2) is 12.8 Å². The molecule has 0 aromatic heterocycles. The molecule has 0 saturated heterocycles. The van der Waals surface area contributed by atoms with Gasteiger partial charge in [0.25, 0.3) is 0 Å². The SMILES string of the molecule is Nc1cc(S(=O)(=O)NC2(C(F)(F)F)CC2)c(Cl)cc1F. The Labute approximate surface area is 117 Å². The molecule has 0 radical (unpaired) electrons. The predicted octanol–water partition coefficient (Wildman–Crippen LogP) is 2.43. The number of rotatable bonds is 3. The van der Waals surface area contributed by atoms with Crippen LogP contribution in [0.2, 0.25) is 5.02 Å². The lowest BCUT2D eigenvalue weighted by Gasteiger charge is -2.21. The molecule has 0 bridgehead atoms. The molecule has 4 nitrogen and oxygen atoms in total. The van der Waals surface area contributed by atoms with Gasteiger partial charge in [-0.3, -0.25) is 0 Å². The number of halogens is 5. The van der Waals surface area contributed by atoms with Crippen LogP contribution < -0.4 is 10.5 Å². The zero-order chi connectivity index (χ0) is 15.3. The molecular formula is C10H9ClF4N2O2S. The highest BCUT2D eigenvalue weighted by Gasteiger charge is 2.65. The van der Waals surface area contributed by atoms with Crippen molar-refractivity contribution in [3.05, 3.63) is 23.0 Å². The van der Waals surface area contributed by atoms with Crippen molar-refractivity contribution in [1.82, 2.24) is 4.72 Å². The van der Waals surface area contributed by atoms with Crippen molar-refractivity contribution in [2.75, 3.05) is 5.73 Å². The van der Waals surface area contributed by atoms with Crippen LogP contribution in [-0.2, 0) is 10.0 Å². The summed E-state index contributed by atoms with van der Waals surface area (Å²) in [6, 6.07) is 1.32. The number of nitrogen functional groups attached to an aromatic ring is 1. The predicted molar refractivity (Wildman–Crippen MR) is 64.2 cm³/mol. The number of nitrogens with two attached hydrogens (primary N) is 1. The fraction of sp³-hybridized carbons (Fsp3) is 0.400. The van der Waals surface area contributed by atoms with Crippen molar-refractivity contribution in [1.29, 1.82) is 0 Å². The molecule has 0 amide bonds. The van der Waals surface area contributed by atoms with Crippen molar-refractivity contribution < 1.29 is 26.0 Å². The normalized spacial score (nSPS) is 18.1. The first-order valence-electron chi connectivity index (χ1n) is 5.34. The van der Waals surface area contributed by atoms with Gasteiger partial charge < -0.3 is 5.73 Å². The number of alkyl halides is 3. The molecule has 1 saturated carbocycles. The molecular weight excluding hydrogens is 324 g/mol. The number of benzene rings is 1. The Morgan fingerprint density at radius 3 is 2.30 bits per heavy atom. The van der Waals surface area contributed by atoms with E-state index < -0.39 is 43.2 Å². The average Bonchev–Trinajstić information content (AvgIpc) is 3.02. The van der Waals surface area contributed by atoms with Crippen LogP contribution in [0.3, 0.4) is 0 Å². The Morgan fingerprint density at radius 1 is 1.30 bits per heavy atom. The molecule has 0 spiro atoms. The second-order valence-electron chi connectivity index (χ2n) is 4.49. The summed E-state index contributed by atoms with van der Waals surface area (Å²) in [7, 11) is -4.56. The maximum atomic E-state index is 13.1. The molecule has 10 heteroatoms. The van der Waals surface area contributed by atoms with E-state index in [4.69, 9.17) is 17.3 Å². The Balaban J connectivity index is 2.40. The molecule has 112 valence electrons. The number of hydrogen-bond acceptors (Lipinski definition) is 3. The fourth-order valence-corrected chi connectivity index (χ4v) is 3.63. The average molecular weight is 333 g/mol. The van der Waals surface area contributed by atoms with Gasteiger partial charge in [0, 0.05) is 0 Å². The summed E-state index contributed by atoms with van der Waals surface area (Å²) in [6.07, 6.45) is -5.42. The third-order valence-electron chi connectivity index (χ3n) is 2.96. The Morgan fingerprint density at radius 2 is 1.85 bits per heavy atom. The second-order valence-corrected chi connectivity index (χ2v) is 6.55. The fourth-order valence-electron chi connectivity index (χ4n) is 1.63. The van der Waals surface area contributed by atoms with Crippen molar-refractivity contribution in [2.24, 2.45) is 0 Å². The molecule has 0 unspecified atom stereocenters.